The molecule has 3 amide bonds. The Kier molecular flexibility index (Phi) is 8.30. The Bertz CT molecular complexity index is 953. The second kappa shape index (κ2) is 10.5. The molecule has 0 aliphatic rings. The average molecular weight is 466 g/mol. The molecule has 31 heavy (non-hydrogen) atoms. The molecule has 166 valence electrons. The highest BCUT2D eigenvalue weighted by Crippen LogP contribution is 2.29. The average Bonchev–Trinajstić information content (AvgIpc) is 2.67. The highest BCUT2D eigenvalue weighted by Gasteiger charge is 2.20. The van der Waals surface area contributed by atoms with E-state index in [-0.39, 0.29) is 12.5 Å². The Morgan fingerprint density at radius 1 is 1.00 bits per heavy atom. The fourth-order valence-corrected chi connectivity index (χ4v) is 3.12. The number of hydrogen-bond acceptors (Lipinski definition) is 4. The van der Waals surface area contributed by atoms with Crippen LogP contribution in [0, 0.1) is 0 Å². The van der Waals surface area contributed by atoms with Crippen LogP contribution in [0.4, 0.5) is 16.2 Å². The zero-order valence-corrected chi connectivity index (χ0v) is 19.3. The van der Waals surface area contributed by atoms with Crippen molar-refractivity contribution >= 4 is 52.5 Å². The molecule has 2 rings (SSSR count). The summed E-state index contributed by atoms with van der Waals surface area (Å²) in [6.07, 6.45) is -0.625. The van der Waals surface area contributed by atoms with Crippen LogP contribution in [0.15, 0.2) is 42.5 Å². The number of amides is 3. The maximum Gasteiger partial charge on any atom is 0.412 e. The molecule has 0 aliphatic carbocycles. The summed E-state index contributed by atoms with van der Waals surface area (Å²) in [7, 11) is 0. The van der Waals surface area contributed by atoms with Crippen LogP contribution in [0.2, 0.25) is 10.0 Å². The molecule has 0 saturated carbocycles. The highest BCUT2D eigenvalue weighted by atomic mass is 35.5. The minimum Gasteiger partial charge on any atom is -0.444 e. The van der Waals surface area contributed by atoms with E-state index in [1.165, 1.54) is 11.0 Å². The Hall–Kier alpha value is -2.77. The van der Waals surface area contributed by atoms with Gasteiger partial charge >= 0.3 is 6.09 Å². The Balaban J connectivity index is 2.08. The molecule has 0 unspecified atom stereocenters. The standard InChI is InChI=1S/C22H25Cl2N3O4/c1-5-27(13-18(28)26-19-16(23)10-7-11-17(19)24)20(29)14-8-6-9-15(12-14)25-21(30)31-22(2,3)4/h6-12H,5,13H2,1-4H3,(H,25,30)(H,26,28). The van der Waals surface area contributed by atoms with Crippen molar-refractivity contribution in [3.63, 3.8) is 0 Å². The van der Waals surface area contributed by atoms with Gasteiger partial charge in [0.2, 0.25) is 5.91 Å². The first kappa shape index (κ1) is 24.5. The molecule has 0 spiro atoms. The lowest BCUT2D eigenvalue weighted by Gasteiger charge is -2.22. The molecule has 9 heteroatoms. The second-order valence-electron chi connectivity index (χ2n) is 7.67. The molecule has 0 saturated heterocycles. The molecule has 2 aromatic carbocycles. The van der Waals surface area contributed by atoms with E-state index in [4.69, 9.17) is 27.9 Å². The molecule has 0 heterocycles. The minimum atomic E-state index is -0.644. The van der Waals surface area contributed by atoms with Crippen molar-refractivity contribution in [2.24, 2.45) is 0 Å². The van der Waals surface area contributed by atoms with E-state index in [1.54, 1.807) is 64.1 Å². The summed E-state index contributed by atoms with van der Waals surface area (Å²) < 4.78 is 5.22. The first-order valence-electron chi connectivity index (χ1n) is 9.63. The van der Waals surface area contributed by atoms with Gasteiger partial charge in [0.25, 0.3) is 5.91 Å². The zero-order valence-electron chi connectivity index (χ0n) is 17.8. The number of rotatable bonds is 6. The van der Waals surface area contributed by atoms with Crippen molar-refractivity contribution in [2.75, 3.05) is 23.7 Å². The molecule has 0 aliphatic heterocycles. The van der Waals surface area contributed by atoms with Gasteiger partial charge in [-0.1, -0.05) is 35.3 Å². The normalized spacial score (nSPS) is 10.9. The Morgan fingerprint density at radius 3 is 2.19 bits per heavy atom. The van der Waals surface area contributed by atoms with Crippen LogP contribution in [-0.4, -0.2) is 41.5 Å². The lowest BCUT2D eigenvalue weighted by atomic mass is 10.1. The van der Waals surface area contributed by atoms with Crippen LogP contribution in [0.25, 0.3) is 0 Å². The largest absolute Gasteiger partial charge is 0.444 e. The van der Waals surface area contributed by atoms with E-state index in [9.17, 15) is 14.4 Å². The monoisotopic (exact) mass is 465 g/mol. The summed E-state index contributed by atoms with van der Waals surface area (Å²) in [6, 6.07) is 11.3. The van der Waals surface area contributed by atoms with Crippen LogP contribution in [0.1, 0.15) is 38.1 Å². The maximum absolute atomic E-state index is 12.9. The van der Waals surface area contributed by atoms with Crippen LogP contribution >= 0.6 is 23.2 Å². The first-order chi connectivity index (χ1) is 14.5. The third-order valence-corrected chi connectivity index (χ3v) is 4.62. The van der Waals surface area contributed by atoms with Crippen molar-refractivity contribution in [3.8, 4) is 0 Å². The highest BCUT2D eigenvalue weighted by molar-refractivity contribution is 6.39. The number of carbonyl (C=O) groups excluding carboxylic acids is 3. The van der Waals surface area contributed by atoms with Gasteiger partial charge in [-0.05, 0) is 58.0 Å². The molecular weight excluding hydrogens is 441 g/mol. The third kappa shape index (κ3) is 7.45. The summed E-state index contributed by atoms with van der Waals surface area (Å²) in [5.41, 5.74) is 0.374. The minimum absolute atomic E-state index is 0.194. The van der Waals surface area contributed by atoms with E-state index >= 15 is 0 Å². The SMILES string of the molecule is CCN(CC(=O)Nc1c(Cl)cccc1Cl)C(=O)c1cccc(NC(=O)OC(C)(C)C)c1. The number of carbonyl (C=O) groups is 3. The zero-order chi connectivity index (χ0) is 23.2. The summed E-state index contributed by atoms with van der Waals surface area (Å²) >= 11 is 12.2. The summed E-state index contributed by atoms with van der Waals surface area (Å²) in [5, 5.41) is 5.84. The summed E-state index contributed by atoms with van der Waals surface area (Å²) in [4.78, 5) is 38.7. The van der Waals surface area contributed by atoms with E-state index < -0.39 is 17.6 Å². The Labute approximate surface area is 191 Å². The van der Waals surface area contributed by atoms with Crippen LogP contribution in [0.3, 0.4) is 0 Å². The fraction of sp³-hybridized carbons (Fsp3) is 0.318. The van der Waals surface area contributed by atoms with Gasteiger partial charge in [0.1, 0.15) is 12.1 Å². The quantitative estimate of drug-likeness (QED) is 0.594. The molecule has 2 aromatic rings. The molecule has 0 radical (unpaired) electrons. The van der Waals surface area contributed by atoms with Gasteiger partial charge in [-0.3, -0.25) is 14.9 Å². The molecule has 7 nitrogen and oxygen atoms in total. The molecule has 0 atom stereocenters. The number of nitrogens with one attached hydrogen (secondary N) is 2. The molecule has 0 fully saturated rings. The number of ether oxygens (including phenoxy) is 1. The summed E-state index contributed by atoms with van der Waals surface area (Å²) in [6.45, 7) is 7.13. The van der Waals surface area contributed by atoms with Gasteiger partial charge in [-0.25, -0.2) is 4.79 Å². The number of hydrogen-bond donors (Lipinski definition) is 2. The number of para-hydroxylation sites is 1. The first-order valence-corrected chi connectivity index (χ1v) is 10.4. The fourth-order valence-electron chi connectivity index (χ4n) is 2.63. The van der Waals surface area contributed by atoms with Gasteiger partial charge in [0, 0.05) is 17.8 Å². The third-order valence-electron chi connectivity index (χ3n) is 3.99. The predicted octanol–water partition coefficient (Wildman–Crippen LogP) is 5.44. The van der Waals surface area contributed by atoms with Gasteiger partial charge in [0.15, 0.2) is 0 Å². The van der Waals surface area contributed by atoms with E-state index in [0.717, 1.165) is 0 Å². The Morgan fingerprint density at radius 2 is 1.61 bits per heavy atom. The van der Waals surface area contributed by atoms with Crippen molar-refractivity contribution in [2.45, 2.75) is 33.3 Å². The number of nitrogens with zero attached hydrogens (tertiary/aromatic N) is 1. The second-order valence-corrected chi connectivity index (χ2v) is 8.49. The molecule has 2 N–H and O–H groups in total. The number of likely N-dealkylation sites (N-methyl/N-ethyl adjacent to an activating group) is 1. The number of halogens is 2. The topological polar surface area (TPSA) is 87.7 Å². The smallest absolute Gasteiger partial charge is 0.412 e. The predicted molar refractivity (Wildman–Crippen MR) is 123 cm³/mol. The van der Waals surface area contributed by atoms with Crippen molar-refractivity contribution in [1.82, 2.24) is 4.90 Å². The molecule has 0 aromatic heterocycles. The number of benzene rings is 2. The summed E-state index contributed by atoms with van der Waals surface area (Å²) in [5.74, 6) is -0.802. The lowest BCUT2D eigenvalue weighted by molar-refractivity contribution is -0.116. The van der Waals surface area contributed by atoms with Crippen molar-refractivity contribution in [1.29, 1.82) is 0 Å². The van der Waals surface area contributed by atoms with E-state index in [1.807, 2.05) is 0 Å². The van der Waals surface area contributed by atoms with E-state index in [0.29, 0.717) is 33.5 Å². The number of anilines is 2. The van der Waals surface area contributed by atoms with Gasteiger partial charge < -0.3 is 15.0 Å². The molecular formula is C22H25Cl2N3O4. The van der Waals surface area contributed by atoms with Crippen molar-refractivity contribution in [3.05, 3.63) is 58.1 Å². The molecule has 0 bridgehead atoms. The van der Waals surface area contributed by atoms with E-state index in [2.05, 4.69) is 10.6 Å². The van der Waals surface area contributed by atoms with Crippen LogP contribution in [-0.2, 0) is 9.53 Å². The maximum atomic E-state index is 12.9. The van der Waals surface area contributed by atoms with Crippen LogP contribution < -0.4 is 10.6 Å². The van der Waals surface area contributed by atoms with Gasteiger partial charge in [-0.2, -0.15) is 0 Å². The van der Waals surface area contributed by atoms with Crippen LogP contribution in [0.5, 0.6) is 0 Å². The van der Waals surface area contributed by atoms with Crippen molar-refractivity contribution < 1.29 is 19.1 Å². The van der Waals surface area contributed by atoms with Gasteiger partial charge in [-0.15, -0.1) is 0 Å². The lowest BCUT2D eigenvalue weighted by Crippen LogP contribution is -2.38. The van der Waals surface area contributed by atoms with Gasteiger partial charge in [0.05, 0.1) is 15.7 Å².